The largest absolute Gasteiger partial charge is 0.385 e. The Labute approximate surface area is 153 Å². The van der Waals surface area contributed by atoms with E-state index in [1.54, 1.807) is 12.1 Å². The molecule has 0 unspecified atom stereocenters. The van der Waals surface area contributed by atoms with Crippen LogP contribution < -0.4 is 5.32 Å². The summed E-state index contributed by atoms with van der Waals surface area (Å²) in [5.41, 5.74) is 4.06. The van der Waals surface area contributed by atoms with Crippen LogP contribution in [0.3, 0.4) is 0 Å². The minimum atomic E-state index is -0.809. The van der Waals surface area contributed by atoms with E-state index in [-0.39, 0.29) is 11.1 Å². The van der Waals surface area contributed by atoms with E-state index < -0.39 is 11.6 Å². The van der Waals surface area contributed by atoms with Gasteiger partial charge in [0.15, 0.2) is 11.6 Å². The molecule has 0 aromatic heterocycles. The van der Waals surface area contributed by atoms with E-state index in [1.165, 1.54) is 5.56 Å². The van der Waals surface area contributed by atoms with Gasteiger partial charge in [0, 0.05) is 23.4 Å². The lowest BCUT2D eigenvalue weighted by molar-refractivity contribution is 0.514. The van der Waals surface area contributed by atoms with Gasteiger partial charge in [0.25, 0.3) is 0 Å². The van der Waals surface area contributed by atoms with Gasteiger partial charge in [-0.05, 0) is 41.7 Å². The molecule has 0 amide bonds. The topological polar surface area (TPSA) is 12.0 Å². The molecule has 0 fully saturated rings. The van der Waals surface area contributed by atoms with Crippen molar-refractivity contribution in [2.45, 2.75) is 26.7 Å². The van der Waals surface area contributed by atoms with Crippen LogP contribution in [0.4, 0.5) is 14.5 Å². The molecule has 0 atom stereocenters. The molecule has 134 valence electrons. The first-order valence-corrected chi connectivity index (χ1v) is 9.05. The Balaban J connectivity index is 1.91. The number of aryl methyl sites for hydroxylation is 1. The van der Waals surface area contributed by atoms with Crippen LogP contribution in [-0.2, 0) is 6.42 Å². The second kappa shape index (κ2) is 8.13. The predicted octanol–water partition coefficient (Wildman–Crippen LogP) is 6.68. The quantitative estimate of drug-likeness (QED) is 0.522. The number of hydrogen-bond acceptors (Lipinski definition) is 1. The Morgan fingerprint density at radius 2 is 1.19 bits per heavy atom. The van der Waals surface area contributed by atoms with Crippen LogP contribution in [0.5, 0.6) is 0 Å². The molecule has 3 aromatic carbocycles. The highest BCUT2D eigenvalue weighted by molar-refractivity contribution is 5.72. The maximum absolute atomic E-state index is 14.7. The highest BCUT2D eigenvalue weighted by atomic mass is 19.2. The lowest BCUT2D eigenvalue weighted by atomic mass is 9.98. The summed E-state index contributed by atoms with van der Waals surface area (Å²) < 4.78 is 29.4. The maximum Gasteiger partial charge on any atom is 0.167 e. The third-order valence-corrected chi connectivity index (χ3v) is 4.53. The minimum absolute atomic E-state index is 0.276. The second-order valence-electron chi connectivity index (χ2n) is 6.34. The van der Waals surface area contributed by atoms with Crippen LogP contribution in [0.25, 0.3) is 22.3 Å². The predicted molar refractivity (Wildman–Crippen MR) is 105 cm³/mol. The zero-order valence-electron chi connectivity index (χ0n) is 15.2. The number of benzene rings is 3. The first kappa shape index (κ1) is 18.1. The van der Waals surface area contributed by atoms with Crippen LogP contribution in [0.2, 0.25) is 0 Å². The Morgan fingerprint density at radius 3 is 1.65 bits per heavy atom. The fraction of sp³-hybridized carbons (Fsp3) is 0.217. The second-order valence-corrected chi connectivity index (χ2v) is 6.34. The van der Waals surface area contributed by atoms with E-state index in [0.717, 1.165) is 25.1 Å². The van der Waals surface area contributed by atoms with Crippen molar-refractivity contribution in [1.82, 2.24) is 0 Å². The van der Waals surface area contributed by atoms with Crippen LogP contribution in [0, 0.1) is 11.6 Å². The van der Waals surface area contributed by atoms with E-state index in [1.807, 2.05) is 48.5 Å². The standard InChI is InChI=1S/C23H23F2N/c1-3-15-26-19-11-9-18(10-12-19)21-14-13-20(22(24)23(21)25)17-7-5-16(4-2)6-8-17/h5-14,26H,3-4,15H2,1-2H3. The minimum Gasteiger partial charge on any atom is -0.385 e. The summed E-state index contributed by atoms with van der Waals surface area (Å²) in [6, 6.07) is 18.3. The Morgan fingerprint density at radius 1 is 0.692 bits per heavy atom. The lowest BCUT2D eigenvalue weighted by Gasteiger charge is -2.11. The first-order valence-electron chi connectivity index (χ1n) is 9.05. The molecule has 0 aliphatic heterocycles. The maximum atomic E-state index is 14.7. The van der Waals surface area contributed by atoms with Crippen molar-refractivity contribution in [1.29, 1.82) is 0 Å². The van der Waals surface area contributed by atoms with Crippen LogP contribution >= 0.6 is 0 Å². The van der Waals surface area contributed by atoms with Crippen molar-refractivity contribution in [3.8, 4) is 22.3 Å². The van der Waals surface area contributed by atoms with E-state index >= 15 is 0 Å². The normalized spacial score (nSPS) is 10.8. The Hall–Kier alpha value is -2.68. The molecule has 0 aliphatic rings. The third kappa shape index (κ3) is 3.77. The molecule has 1 N–H and O–H groups in total. The number of anilines is 1. The van der Waals surface area contributed by atoms with Gasteiger partial charge in [-0.1, -0.05) is 62.4 Å². The van der Waals surface area contributed by atoms with Gasteiger partial charge < -0.3 is 5.32 Å². The van der Waals surface area contributed by atoms with E-state index in [0.29, 0.717) is 11.1 Å². The van der Waals surface area contributed by atoms with Gasteiger partial charge >= 0.3 is 0 Å². The molecule has 0 radical (unpaired) electrons. The average Bonchev–Trinajstić information content (AvgIpc) is 2.69. The third-order valence-electron chi connectivity index (χ3n) is 4.53. The van der Waals surface area contributed by atoms with Crippen molar-refractivity contribution >= 4 is 5.69 Å². The molecule has 1 nitrogen and oxygen atoms in total. The van der Waals surface area contributed by atoms with Gasteiger partial charge in [0.2, 0.25) is 0 Å². The summed E-state index contributed by atoms with van der Waals surface area (Å²) in [5.74, 6) is -1.61. The fourth-order valence-electron chi connectivity index (χ4n) is 2.95. The van der Waals surface area contributed by atoms with Crippen molar-refractivity contribution in [3.63, 3.8) is 0 Å². The molecule has 0 bridgehead atoms. The molecular weight excluding hydrogens is 328 g/mol. The monoisotopic (exact) mass is 351 g/mol. The van der Waals surface area contributed by atoms with Gasteiger partial charge in [-0.2, -0.15) is 0 Å². The van der Waals surface area contributed by atoms with Crippen molar-refractivity contribution in [2.75, 3.05) is 11.9 Å². The number of rotatable bonds is 6. The molecule has 3 heteroatoms. The fourth-order valence-corrected chi connectivity index (χ4v) is 2.95. The molecule has 0 saturated carbocycles. The smallest absolute Gasteiger partial charge is 0.167 e. The van der Waals surface area contributed by atoms with Gasteiger partial charge in [0.05, 0.1) is 0 Å². The highest BCUT2D eigenvalue weighted by Crippen LogP contribution is 2.32. The van der Waals surface area contributed by atoms with Crippen LogP contribution in [0.15, 0.2) is 60.7 Å². The molecule has 0 spiro atoms. The molecule has 0 aliphatic carbocycles. The summed E-state index contributed by atoms with van der Waals surface area (Å²) in [4.78, 5) is 0. The molecular formula is C23H23F2N. The van der Waals surface area contributed by atoms with Crippen molar-refractivity contribution < 1.29 is 8.78 Å². The summed E-state index contributed by atoms with van der Waals surface area (Å²) in [7, 11) is 0. The van der Waals surface area contributed by atoms with Crippen LogP contribution in [-0.4, -0.2) is 6.54 Å². The average molecular weight is 351 g/mol. The molecule has 3 rings (SSSR count). The zero-order chi connectivity index (χ0) is 18.5. The number of hydrogen-bond donors (Lipinski definition) is 1. The molecule has 0 saturated heterocycles. The summed E-state index contributed by atoms with van der Waals surface area (Å²) in [6.45, 7) is 5.04. The van der Waals surface area contributed by atoms with E-state index in [9.17, 15) is 8.78 Å². The summed E-state index contributed by atoms with van der Waals surface area (Å²) in [6.07, 6.45) is 1.95. The van der Waals surface area contributed by atoms with Gasteiger partial charge in [-0.3, -0.25) is 0 Å². The zero-order valence-corrected chi connectivity index (χ0v) is 15.2. The Kier molecular flexibility index (Phi) is 5.67. The number of nitrogens with one attached hydrogen (secondary N) is 1. The van der Waals surface area contributed by atoms with Gasteiger partial charge in [0.1, 0.15) is 0 Å². The molecule has 0 heterocycles. The van der Waals surface area contributed by atoms with E-state index in [2.05, 4.69) is 19.2 Å². The lowest BCUT2D eigenvalue weighted by Crippen LogP contribution is -1.99. The van der Waals surface area contributed by atoms with Crippen molar-refractivity contribution in [2.24, 2.45) is 0 Å². The highest BCUT2D eigenvalue weighted by Gasteiger charge is 2.16. The SMILES string of the molecule is CCCNc1ccc(-c2ccc(-c3ccc(CC)cc3)c(F)c2F)cc1. The molecule has 3 aromatic rings. The van der Waals surface area contributed by atoms with Gasteiger partial charge in [-0.25, -0.2) is 8.78 Å². The van der Waals surface area contributed by atoms with E-state index in [4.69, 9.17) is 0 Å². The molecule has 26 heavy (non-hydrogen) atoms. The van der Waals surface area contributed by atoms with Crippen molar-refractivity contribution in [3.05, 3.63) is 77.9 Å². The van der Waals surface area contributed by atoms with Crippen LogP contribution in [0.1, 0.15) is 25.8 Å². The van der Waals surface area contributed by atoms with Gasteiger partial charge in [-0.15, -0.1) is 0 Å². The summed E-state index contributed by atoms with van der Waals surface area (Å²) in [5, 5.41) is 3.27. The summed E-state index contributed by atoms with van der Waals surface area (Å²) >= 11 is 0. The first-order chi connectivity index (χ1) is 12.6. The Bertz CT molecular complexity index is 868. The number of halogens is 2.